The van der Waals surface area contributed by atoms with Crippen molar-refractivity contribution in [3.05, 3.63) is 59.7 Å². The Labute approximate surface area is 124 Å². The molecule has 22 heavy (non-hydrogen) atoms. The first-order valence-electron chi connectivity index (χ1n) is 6.17. The van der Waals surface area contributed by atoms with Gasteiger partial charge in [-0.2, -0.15) is 0 Å². The molecule has 2 aromatic carbocycles. The molecule has 0 bridgehead atoms. The summed E-state index contributed by atoms with van der Waals surface area (Å²) in [7, 11) is 0. The second-order valence-electron chi connectivity index (χ2n) is 4.29. The number of anilines is 1. The van der Waals surface area contributed by atoms with Crippen molar-refractivity contribution in [3.63, 3.8) is 0 Å². The number of rotatable bonds is 5. The van der Waals surface area contributed by atoms with Crippen molar-refractivity contribution < 1.29 is 28.2 Å². The molecule has 0 aliphatic carbocycles. The second kappa shape index (κ2) is 6.66. The van der Waals surface area contributed by atoms with E-state index < -0.39 is 30.1 Å². The van der Waals surface area contributed by atoms with Crippen LogP contribution in [0, 0.1) is 11.6 Å². The van der Waals surface area contributed by atoms with Gasteiger partial charge in [0.25, 0.3) is 5.91 Å². The monoisotopic (exact) mass is 307 g/mol. The van der Waals surface area contributed by atoms with Crippen LogP contribution >= 0.6 is 0 Å². The Bertz CT molecular complexity index is 698. The van der Waals surface area contributed by atoms with E-state index in [0.29, 0.717) is 6.07 Å². The minimum Gasteiger partial charge on any atom is -0.484 e. The highest BCUT2D eigenvalue weighted by Gasteiger charge is 2.12. The number of carbonyl (C=O) groups excluding carboxylic acids is 1. The molecule has 0 aliphatic rings. The number of benzene rings is 2. The van der Waals surface area contributed by atoms with Gasteiger partial charge in [-0.05, 0) is 12.1 Å². The summed E-state index contributed by atoms with van der Waals surface area (Å²) in [5.74, 6) is -3.64. The van der Waals surface area contributed by atoms with Crippen molar-refractivity contribution in [1.29, 1.82) is 0 Å². The molecule has 5 nitrogen and oxygen atoms in total. The van der Waals surface area contributed by atoms with E-state index in [-0.39, 0.29) is 17.0 Å². The largest absolute Gasteiger partial charge is 0.484 e. The third kappa shape index (κ3) is 4.02. The molecule has 0 saturated heterocycles. The molecule has 2 N–H and O–H groups in total. The molecule has 0 aliphatic heterocycles. The van der Waals surface area contributed by atoms with E-state index in [0.717, 1.165) is 12.1 Å². The molecule has 0 fully saturated rings. The van der Waals surface area contributed by atoms with Gasteiger partial charge in [0.1, 0.15) is 17.4 Å². The van der Waals surface area contributed by atoms with Gasteiger partial charge in [0.15, 0.2) is 6.61 Å². The van der Waals surface area contributed by atoms with E-state index >= 15 is 0 Å². The number of ether oxygens (including phenoxy) is 1. The van der Waals surface area contributed by atoms with Gasteiger partial charge in [-0.25, -0.2) is 13.6 Å². The molecule has 0 heterocycles. The third-order valence-electron chi connectivity index (χ3n) is 2.64. The summed E-state index contributed by atoms with van der Waals surface area (Å²) in [6.07, 6.45) is 0. The first-order valence-corrected chi connectivity index (χ1v) is 6.17. The molecule has 2 rings (SSSR count). The second-order valence-corrected chi connectivity index (χ2v) is 4.29. The van der Waals surface area contributed by atoms with Gasteiger partial charge in [-0.3, -0.25) is 4.79 Å². The van der Waals surface area contributed by atoms with Crippen LogP contribution in [0.3, 0.4) is 0 Å². The predicted molar refractivity (Wildman–Crippen MR) is 73.9 cm³/mol. The molecule has 2 aromatic rings. The van der Waals surface area contributed by atoms with Crippen LogP contribution in [0.25, 0.3) is 0 Å². The highest BCUT2D eigenvalue weighted by molar-refractivity contribution is 6.00. The van der Waals surface area contributed by atoms with Gasteiger partial charge in [0, 0.05) is 18.2 Å². The Morgan fingerprint density at radius 1 is 1.09 bits per heavy atom. The van der Waals surface area contributed by atoms with Crippen molar-refractivity contribution >= 4 is 17.6 Å². The summed E-state index contributed by atoms with van der Waals surface area (Å²) in [6.45, 7) is -0.517. The van der Waals surface area contributed by atoms with E-state index in [1.54, 1.807) is 6.07 Å². The van der Waals surface area contributed by atoms with Crippen molar-refractivity contribution in [3.8, 4) is 5.75 Å². The SMILES string of the molecule is O=C(COc1cc(F)cc(F)c1)Nc1ccccc1C(=O)O. The van der Waals surface area contributed by atoms with E-state index in [1.807, 2.05) is 0 Å². The zero-order chi connectivity index (χ0) is 16.1. The summed E-state index contributed by atoms with van der Waals surface area (Å²) >= 11 is 0. The Morgan fingerprint density at radius 3 is 2.36 bits per heavy atom. The summed E-state index contributed by atoms with van der Waals surface area (Å²) < 4.78 is 30.9. The lowest BCUT2D eigenvalue weighted by Gasteiger charge is -2.09. The zero-order valence-electron chi connectivity index (χ0n) is 11.2. The quantitative estimate of drug-likeness (QED) is 0.890. The van der Waals surface area contributed by atoms with Gasteiger partial charge in [0.05, 0.1) is 11.3 Å². The summed E-state index contributed by atoms with van der Waals surface area (Å²) in [6, 6.07) is 8.37. The number of hydrogen-bond acceptors (Lipinski definition) is 3. The highest BCUT2D eigenvalue weighted by Crippen LogP contribution is 2.17. The highest BCUT2D eigenvalue weighted by atomic mass is 19.1. The number of halogens is 2. The number of carboxylic acid groups (broad SMARTS) is 1. The lowest BCUT2D eigenvalue weighted by Crippen LogP contribution is -2.21. The Balaban J connectivity index is 2.00. The minimum atomic E-state index is -1.19. The van der Waals surface area contributed by atoms with Crippen LogP contribution in [0.4, 0.5) is 14.5 Å². The molecule has 7 heteroatoms. The fraction of sp³-hybridized carbons (Fsp3) is 0.0667. The van der Waals surface area contributed by atoms with E-state index in [2.05, 4.69) is 5.32 Å². The number of aromatic carboxylic acids is 1. The molecule has 114 valence electrons. The van der Waals surface area contributed by atoms with Gasteiger partial charge in [-0.15, -0.1) is 0 Å². The Morgan fingerprint density at radius 2 is 1.73 bits per heavy atom. The van der Waals surface area contributed by atoms with Gasteiger partial charge >= 0.3 is 5.97 Å². The molecule has 0 atom stereocenters. The molecule has 0 aromatic heterocycles. The fourth-order valence-corrected chi connectivity index (χ4v) is 1.73. The smallest absolute Gasteiger partial charge is 0.337 e. The van der Waals surface area contributed by atoms with Gasteiger partial charge in [-0.1, -0.05) is 12.1 Å². The topological polar surface area (TPSA) is 75.6 Å². The van der Waals surface area contributed by atoms with Crippen LogP contribution in [-0.4, -0.2) is 23.6 Å². The van der Waals surface area contributed by atoms with E-state index in [4.69, 9.17) is 9.84 Å². The number of para-hydroxylation sites is 1. The van der Waals surface area contributed by atoms with E-state index in [9.17, 15) is 18.4 Å². The van der Waals surface area contributed by atoms with Crippen LogP contribution in [0.5, 0.6) is 5.75 Å². The molecular formula is C15H11F2NO4. The molecular weight excluding hydrogens is 296 g/mol. The maximum atomic E-state index is 13.0. The lowest BCUT2D eigenvalue weighted by molar-refractivity contribution is -0.118. The number of hydrogen-bond donors (Lipinski definition) is 2. The Hall–Kier alpha value is -2.96. The van der Waals surface area contributed by atoms with E-state index in [1.165, 1.54) is 18.2 Å². The summed E-state index contributed by atoms with van der Waals surface area (Å²) in [5.41, 5.74) is 0.0293. The maximum absolute atomic E-state index is 13.0. The van der Waals surface area contributed by atoms with Crippen molar-refractivity contribution in [2.45, 2.75) is 0 Å². The van der Waals surface area contributed by atoms with Crippen LogP contribution in [0.1, 0.15) is 10.4 Å². The first-order chi connectivity index (χ1) is 10.5. The normalized spacial score (nSPS) is 10.1. The number of nitrogens with one attached hydrogen (secondary N) is 1. The average Bonchev–Trinajstić information content (AvgIpc) is 2.44. The molecule has 0 unspecified atom stereocenters. The standard InChI is InChI=1S/C15H11F2NO4/c16-9-5-10(17)7-11(6-9)22-8-14(19)18-13-4-2-1-3-12(13)15(20)21/h1-7H,8H2,(H,18,19)(H,20,21). The van der Waals surface area contributed by atoms with Gasteiger partial charge < -0.3 is 15.2 Å². The number of carboxylic acids is 1. The number of carbonyl (C=O) groups is 2. The third-order valence-corrected chi connectivity index (χ3v) is 2.64. The summed E-state index contributed by atoms with van der Waals surface area (Å²) in [4.78, 5) is 22.7. The predicted octanol–water partition coefficient (Wildman–Crippen LogP) is 2.68. The zero-order valence-corrected chi connectivity index (χ0v) is 11.2. The van der Waals surface area contributed by atoms with Crippen LogP contribution < -0.4 is 10.1 Å². The minimum absolute atomic E-state index is 0.0762. The molecule has 0 saturated carbocycles. The van der Waals surface area contributed by atoms with Crippen molar-refractivity contribution in [1.82, 2.24) is 0 Å². The summed E-state index contributed by atoms with van der Waals surface area (Å²) in [5, 5.41) is 11.3. The van der Waals surface area contributed by atoms with Crippen LogP contribution in [0.15, 0.2) is 42.5 Å². The Kier molecular flexibility index (Phi) is 4.67. The molecule has 0 radical (unpaired) electrons. The van der Waals surface area contributed by atoms with Crippen LogP contribution in [-0.2, 0) is 4.79 Å². The first kappa shape index (κ1) is 15.4. The van der Waals surface area contributed by atoms with Crippen LogP contribution in [0.2, 0.25) is 0 Å². The number of amides is 1. The lowest BCUT2D eigenvalue weighted by atomic mass is 10.2. The molecule has 1 amide bonds. The molecule has 0 spiro atoms. The maximum Gasteiger partial charge on any atom is 0.337 e. The fourth-order valence-electron chi connectivity index (χ4n) is 1.73. The average molecular weight is 307 g/mol. The van der Waals surface area contributed by atoms with Crippen molar-refractivity contribution in [2.24, 2.45) is 0 Å². The van der Waals surface area contributed by atoms with Gasteiger partial charge in [0.2, 0.25) is 0 Å². The van der Waals surface area contributed by atoms with Crippen molar-refractivity contribution in [2.75, 3.05) is 11.9 Å².